The van der Waals surface area contributed by atoms with Gasteiger partial charge in [-0.1, -0.05) is 83.9 Å². The highest BCUT2D eigenvalue weighted by molar-refractivity contribution is 5.85. The molecular formula is C42H48N4O4. The quantitative estimate of drug-likeness (QED) is 0.141. The van der Waals surface area contributed by atoms with Crippen LogP contribution in [0.3, 0.4) is 0 Å². The van der Waals surface area contributed by atoms with Gasteiger partial charge in [0.2, 0.25) is 0 Å². The van der Waals surface area contributed by atoms with Crippen molar-refractivity contribution in [3.8, 4) is 0 Å². The van der Waals surface area contributed by atoms with E-state index in [1.807, 2.05) is 44.4 Å². The molecule has 2 aromatic heterocycles. The van der Waals surface area contributed by atoms with Crippen LogP contribution in [0, 0.1) is 13.8 Å². The maximum atomic E-state index is 10.8. The van der Waals surface area contributed by atoms with Crippen LogP contribution < -0.4 is 0 Å². The summed E-state index contributed by atoms with van der Waals surface area (Å²) in [6.45, 7) is 8.17. The normalized spacial score (nSPS) is 13.8. The third-order valence-corrected chi connectivity index (χ3v) is 8.26. The number of aromatic nitrogens is 2. The SMILES string of the molecule is Cc1ccc(/C(=C\CN(C)C)c2cccc(/C=C/C(=O)O)n2)cc1.Cc1ccc(/C(=C\CN2CCCC2)c2cccc(CCC(=O)O)n2)cc1. The summed E-state index contributed by atoms with van der Waals surface area (Å²) in [4.78, 5) is 35.4. The van der Waals surface area contributed by atoms with E-state index in [1.54, 1.807) is 6.07 Å². The average molecular weight is 673 g/mol. The number of carboxylic acid groups (broad SMARTS) is 2. The van der Waals surface area contributed by atoms with Gasteiger partial charge in [-0.05, 0) is 95.3 Å². The molecule has 0 bridgehead atoms. The topological polar surface area (TPSA) is 107 Å². The highest BCUT2D eigenvalue weighted by Crippen LogP contribution is 2.25. The van der Waals surface area contributed by atoms with E-state index < -0.39 is 11.9 Å². The van der Waals surface area contributed by atoms with Crippen LogP contribution in [0.5, 0.6) is 0 Å². The van der Waals surface area contributed by atoms with Crippen LogP contribution >= 0.6 is 0 Å². The van der Waals surface area contributed by atoms with Crippen molar-refractivity contribution in [1.29, 1.82) is 0 Å². The Labute approximate surface area is 296 Å². The summed E-state index contributed by atoms with van der Waals surface area (Å²) in [5.74, 6) is -1.77. The van der Waals surface area contributed by atoms with E-state index in [2.05, 4.69) is 89.3 Å². The maximum Gasteiger partial charge on any atom is 0.328 e. The van der Waals surface area contributed by atoms with E-state index in [0.717, 1.165) is 71.6 Å². The number of nitrogens with zero attached hydrogens (tertiary/aromatic N) is 4. The number of rotatable bonds is 13. The van der Waals surface area contributed by atoms with Gasteiger partial charge in [0.1, 0.15) is 0 Å². The van der Waals surface area contributed by atoms with Gasteiger partial charge in [0, 0.05) is 42.4 Å². The Morgan fingerprint density at radius 1 is 0.760 bits per heavy atom. The number of pyridine rings is 2. The molecule has 3 heterocycles. The monoisotopic (exact) mass is 672 g/mol. The molecule has 1 aliphatic heterocycles. The van der Waals surface area contributed by atoms with Crippen molar-refractivity contribution in [3.63, 3.8) is 0 Å². The molecule has 1 aliphatic rings. The smallest absolute Gasteiger partial charge is 0.328 e. The number of hydrogen-bond donors (Lipinski definition) is 2. The van der Waals surface area contributed by atoms with Crippen molar-refractivity contribution in [3.05, 3.63) is 148 Å². The molecule has 0 radical (unpaired) electrons. The van der Waals surface area contributed by atoms with Crippen LogP contribution in [0.2, 0.25) is 0 Å². The molecule has 0 atom stereocenters. The molecule has 0 amide bonds. The Morgan fingerprint density at radius 2 is 1.32 bits per heavy atom. The van der Waals surface area contributed by atoms with Crippen LogP contribution in [-0.2, 0) is 16.0 Å². The molecule has 1 fully saturated rings. The lowest BCUT2D eigenvalue weighted by atomic mass is 10.00. The number of carboxylic acids is 2. The Bertz CT molecular complexity index is 1800. The second kappa shape index (κ2) is 19.1. The van der Waals surface area contributed by atoms with Gasteiger partial charge in [-0.25, -0.2) is 9.78 Å². The molecule has 1 saturated heterocycles. The highest BCUT2D eigenvalue weighted by Gasteiger charge is 2.13. The summed E-state index contributed by atoms with van der Waals surface area (Å²) < 4.78 is 0. The first-order valence-electron chi connectivity index (χ1n) is 17.1. The van der Waals surface area contributed by atoms with Crippen LogP contribution in [-0.4, -0.2) is 82.2 Å². The number of aryl methyl sites for hydroxylation is 3. The zero-order valence-electron chi connectivity index (χ0n) is 29.5. The minimum atomic E-state index is -0.982. The second-order valence-electron chi connectivity index (χ2n) is 12.8. The summed E-state index contributed by atoms with van der Waals surface area (Å²) in [5, 5.41) is 17.7. The second-order valence-corrected chi connectivity index (χ2v) is 12.8. The van der Waals surface area contributed by atoms with Gasteiger partial charge in [0.05, 0.1) is 23.5 Å². The number of carbonyl (C=O) groups is 2. The minimum Gasteiger partial charge on any atom is -0.481 e. The molecular weight excluding hydrogens is 624 g/mol. The Kier molecular flexibility index (Phi) is 14.4. The van der Waals surface area contributed by atoms with Gasteiger partial charge < -0.3 is 15.1 Å². The minimum absolute atomic E-state index is 0.105. The molecule has 0 spiro atoms. The fraction of sp³-hybridized carbons (Fsp3) is 0.286. The molecule has 2 N–H and O–H groups in total. The fourth-order valence-electron chi connectivity index (χ4n) is 5.52. The molecule has 260 valence electrons. The first-order valence-corrected chi connectivity index (χ1v) is 17.1. The summed E-state index contributed by atoms with van der Waals surface area (Å²) in [6.07, 6.45) is 10.1. The molecule has 50 heavy (non-hydrogen) atoms. The van der Waals surface area contributed by atoms with Crippen LogP contribution in [0.25, 0.3) is 17.2 Å². The van der Waals surface area contributed by atoms with Gasteiger partial charge in [-0.15, -0.1) is 0 Å². The van der Waals surface area contributed by atoms with Gasteiger partial charge in [0.15, 0.2) is 0 Å². The molecule has 8 heteroatoms. The molecule has 8 nitrogen and oxygen atoms in total. The van der Waals surface area contributed by atoms with Crippen molar-refractivity contribution in [2.45, 2.75) is 39.5 Å². The van der Waals surface area contributed by atoms with E-state index in [-0.39, 0.29) is 6.42 Å². The molecule has 2 aromatic carbocycles. The van der Waals surface area contributed by atoms with Crippen molar-refractivity contribution in [2.75, 3.05) is 40.3 Å². The number of benzene rings is 2. The van der Waals surface area contributed by atoms with Gasteiger partial charge in [-0.3, -0.25) is 14.7 Å². The molecule has 0 unspecified atom stereocenters. The number of likely N-dealkylation sites (N-methyl/N-ethyl adjacent to an activating group) is 1. The standard InChI is InChI=1S/C22H26N2O2.C20H22N2O2/c1-17-7-9-18(10-8-17)20(13-16-24-14-2-3-15-24)21-6-4-5-19(23-21)11-12-22(25)26;1-15-7-9-16(10-8-15)18(13-14-22(2)3)19-6-4-5-17(21-19)11-12-20(23)24/h4-10,13H,2-3,11-12,14-16H2,1H3,(H,25,26);4-13H,14H2,1-3H3,(H,23,24)/b20-13+;12-11+,18-13+. The van der Waals surface area contributed by atoms with Gasteiger partial charge >= 0.3 is 11.9 Å². The first-order chi connectivity index (χ1) is 24.1. The average Bonchev–Trinajstić information content (AvgIpc) is 3.63. The summed E-state index contributed by atoms with van der Waals surface area (Å²) >= 11 is 0. The van der Waals surface area contributed by atoms with Crippen molar-refractivity contribution in [1.82, 2.24) is 19.8 Å². The van der Waals surface area contributed by atoms with Crippen LogP contribution in [0.4, 0.5) is 0 Å². The van der Waals surface area contributed by atoms with Gasteiger partial charge in [-0.2, -0.15) is 0 Å². The van der Waals surface area contributed by atoms with Crippen molar-refractivity contribution >= 4 is 29.2 Å². The predicted molar refractivity (Wildman–Crippen MR) is 202 cm³/mol. The Balaban J connectivity index is 0.000000226. The Morgan fingerprint density at radius 3 is 1.88 bits per heavy atom. The largest absolute Gasteiger partial charge is 0.481 e. The molecule has 0 aliphatic carbocycles. The lowest BCUT2D eigenvalue weighted by Gasteiger charge is -2.14. The van der Waals surface area contributed by atoms with E-state index in [4.69, 9.17) is 15.2 Å². The first kappa shape index (κ1) is 37.6. The number of hydrogen-bond acceptors (Lipinski definition) is 6. The summed E-state index contributed by atoms with van der Waals surface area (Å²) in [6, 6.07) is 28.3. The van der Waals surface area contributed by atoms with Crippen LogP contribution in [0.1, 0.15) is 64.3 Å². The van der Waals surface area contributed by atoms with Crippen molar-refractivity contribution < 1.29 is 19.8 Å². The summed E-state index contributed by atoms with van der Waals surface area (Å²) in [7, 11) is 4.03. The van der Waals surface area contributed by atoms with Gasteiger partial charge in [0.25, 0.3) is 0 Å². The lowest BCUT2D eigenvalue weighted by molar-refractivity contribution is -0.137. The predicted octanol–water partition coefficient (Wildman–Crippen LogP) is 7.42. The van der Waals surface area contributed by atoms with E-state index in [1.165, 1.54) is 30.0 Å². The van der Waals surface area contributed by atoms with Crippen LogP contribution in [0.15, 0.2) is 103 Å². The zero-order valence-corrected chi connectivity index (χ0v) is 29.5. The van der Waals surface area contributed by atoms with E-state index >= 15 is 0 Å². The van der Waals surface area contributed by atoms with E-state index in [9.17, 15) is 9.59 Å². The highest BCUT2D eigenvalue weighted by atomic mass is 16.4. The third kappa shape index (κ3) is 12.4. The fourth-order valence-corrected chi connectivity index (χ4v) is 5.52. The molecule has 5 rings (SSSR count). The van der Waals surface area contributed by atoms with Crippen molar-refractivity contribution in [2.24, 2.45) is 0 Å². The molecule has 0 saturated carbocycles. The number of aliphatic carboxylic acids is 2. The zero-order chi connectivity index (χ0) is 35.9. The maximum absolute atomic E-state index is 10.8. The molecule has 4 aromatic rings. The summed E-state index contributed by atoms with van der Waals surface area (Å²) in [5.41, 5.74) is 10.0. The number of likely N-dealkylation sites (tertiary alicyclic amines) is 1. The third-order valence-electron chi connectivity index (χ3n) is 8.26. The van der Waals surface area contributed by atoms with E-state index in [0.29, 0.717) is 12.1 Å². The Hall–Kier alpha value is -5.18. The lowest BCUT2D eigenvalue weighted by Crippen LogP contribution is -2.19.